The fraction of sp³-hybridized carbons (Fsp3) is 1.00. The van der Waals surface area contributed by atoms with Gasteiger partial charge in [0.05, 0.1) is 0 Å². The van der Waals surface area contributed by atoms with Crippen molar-refractivity contribution in [3.8, 4) is 0 Å². The Balaban J connectivity index is 1.97. The lowest BCUT2D eigenvalue weighted by molar-refractivity contribution is 0.0242. The molecule has 0 amide bonds. The van der Waals surface area contributed by atoms with E-state index in [9.17, 15) is 0 Å². The van der Waals surface area contributed by atoms with Gasteiger partial charge in [0, 0.05) is 19.8 Å². The molecule has 0 aliphatic carbocycles. The van der Waals surface area contributed by atoms with E-state index >= 15 is 0 Å². The van der Waals surface area contributed by atoms with Gasteiger partial charge in [0.15, 0.2) is 0 Å². The molecular weight excluding hydrogens is 198 g/mol. The van der Waals surface area contributed by atoms with Gasteiger partial charge in [0.25, 0.3) is 0 Å². The lowest BCUT2D eigenvalue weighted by Crippen LogP contribution is -2.37. The van der Waals surface area contributed by atoms with Crippen LogP contribution in [0.3, 0.4) is 0 Å². The van der Waals surface area contributed by atoms with Gasteiger partial charge in [-0.15, -0.1) is 0 Å². The van der Waals surface area contributed by atoms with Crippen LogP contribution in [0, 0.1) is 11.3 Å². The van der Waals surface area contributed by atoms with Crippen molar-refractivity contribution < 1.29 is 4.74 Å². The second-order valence-electron chi connectivity index (χ2n) is 5.99. The average Bonchev–Trinajstić information content (AvgIpc) is 2.24. The molecule has 1 aliphatic rings. The lowest BCUT2D eigenvalue weighted by atomic mass is 9.82. The van der Waals surface area contributed by atoms with Gasteiger partial charge >= 0.3 is 0 Å². The highest BCUT2D eigenvalue weighted by molar-refractivity contribution is 4.79. The monoisotopic (exact) mass is 227 g/mol. The molecule has 0 atom stereocenters. The second-order valence-corrected chi connectivity index (χ2v) is 5.99. The summed E-state index contributed by atoms with van der Waals surface area (Å²) in [5.74, 6) is 0.855. The Morgan fingerprint density at radius 2 is 1.88 bits per heavy atom. The van der Waals surface area contributed by atoms with Gasteiger partial charge in [0.2, 0.25) is 0 Å². The Labute approximate surface area is 101 Å². The fourth-order valence-corrected chi connectivity index (χ4v) is 2.23. The highest BCUT2D eigenvalue weighted by Crippen LogP contribution is 2.28. The van der Waals surface area contributed by atoms with Crippen LogP contribution in [-0.4, -0.2) is 26.3 Å². The van der Waals surface area contributed by atoms with E-state index in [-0.39, 0.29) is 0 Å². The van der Waals surface area contributed by atoms with Gasteiger partial charge in [-0.25, -0.2) is 0 Å². The Hall–Kier alpha value is -0.0800. The molecule has 0 unspecified atom stereocenters. The van der Waals surface area contributed by atoms with E-state index in [1.807, 2.05) is 0 Å². The van der Waals surface area contributed by atoms with Crippen molar-refractivity contribution in [3.05, 3.63) is 0 Å². The molecule has 0 radical (unpaired) electrons. The molecule has 16 heavy (non-hydrogen) atoms. The Kier molecular flexibility index (Phi) is 6.37. The summed E-state index contributed by atoms with van der Waals surface area (Å²) in [6.07, 6.45) is 6.49. The van der Waals surface area contributed by atoms with Gasteiger partial charge in [-0.3, -0.25) is 0 Å². The molecule has 2 heteroatoms. The van der Waals surface area contributed by atoms with Crippen molar-refractivity contribution >= 4 is 0 Å². The highest BCUT2D eigenvalue weighted by Gasteiger charge is 2.26. The molecule has 1 rings (SSSR count). The van der Waals surface area contributed by atoms with Crippen LogP contribution in [0.2, 0.25) is 0 Å². The predicted molar refractivity (Wildman–Crippen MR) is 69.7 cm³/mol. The second kappa shape index (κ2) is 7.29. The first-order valence-corrected chi connectivity index (χ1v) is 6.91. The number of nitrogens with one attached hydrogen (secondary N) is 1. The minimum atomic E-state index is 0.482. The summed E-state index contributed by atoms with van der Waals surface area (Å²) in [4.78, 5) is 0. The maximum atomic E-state index is 5.41. The van der Waals surface area contributed by atoms with E-state index in [4.69, 9.17) is 4.74 Å². The van der Waals surface area contributed by atoms with E-state index in [0.29, 0.717) is 5.41 Å². The average molecular weight is 227 g/mol. The smallest absolute Gasteiger partial charge is 0.0471 e. The minimum absolute atomic E-state index is 0.482. The van der Waals surface area contributed by atoms with Crippen molar-refractivity contribution in [2.75, 3.05) is 26.3 Å². The molecule has 1 heterocycles. The quantitative estimate of drug-likeness (QED) is 0.674. The molecule has 96 valence electrons. The summed E-state index contributed by atoms with van der Waals surface area (Å²) in [5, 5.41) is 3.61. The maximum absolute atomic E-state index is 5.41. The highest BCUT2D eigenvalue weighted by atomic mass is 16.5. The summed E-state index contributed by atoms with van der Waals surface area (Å²) in [6, 6.07) is 0. The Morgan fingerprint density at radius 1 is 1.19 bits per heavy atom. The molecule has 1 fully saturated rings. The SMILES string of the molecule is CC(C)CCCCNCC1(C)CCOCC1. The van der Waals surface area contributed by atoms with E-state index in [1.165, 1.54) is 38.6 Å². The zero-order chi connectivity index (χ0) is 11.9. The fourth-order valence-electron chi connectivity index (χ4n) is 2.23. The molecule has 0 aromatic heterocycles. The van der Waals surface area contributed by atoms with E-state index in [0.717, 1.165) is 25.7 Å². The number of rotatable bonds is 7. The van der Waals surface area contributed by atoms with Crippen molar-refractivity contribution in [3.63, 3.8) is 0 Å². The largest absolute Gasteiger partial charge is 0.381 e. The van der Waals surface area contributed by atoms with Crippen LogP contribution in [0.4, 0.5) is 0 Å². The molecule has 0 spiro atoms. The van der Waals surface area contributed by atoms with Crippen LogP contribution < -0.4 is 5.32 Å². The van der Waals surface area contributed by atoms with Gasteiger partial charge in [-0.1, -0.05) is 33.6 Å². The normalized spacial score (nSPS) is 20.2. The summed E-state index contributed by atoms with van der Waals surface area (Å²) in [5.41, 5.74) is 0.482. The van der Waals surface area contributed by atoms with Gasteiger partial charge < -0.3 is 10.1 Å². The van der Waals surface area contributed by atoms with Crippen molar-refractivity contribution in [1.82, 2.24) is 5.32 Å². The Bertz CT molecular complexity index is 174. The zero-order valence-electron chi connectivity index (χ0n) is 11.3. The molecule has 0 aromatic rings. The summed E-state index contributed by atoms with van der Waals surface area (Å²) in [7, 11) is 0. The van der Waals surface area contributed by atoms with Crippen molar-refractivity contribution in [2.45, 2.75) is 52.9 Å². The molecule has 1 aliphatic heterocycles. The van der Waals surface area contributed by atoms with Crippen LogP contribution >= 0.6 is 0 Å². The Morgan fingerprint density at radius 3 is 2.50 bits per heavy atom. The summed E-state index contributed by atoms with van der Waals surface area (Å²) in [6.45, 7) is 11.2. The van der Waals surface area contributed by atoms with Gasteiger partial charge in [-0.05, 0) is 37.1 Å². The summed E-state index contributed by atoms with van der Waals surface area (Å²) >= 11 is 0. The number of hydrogen-bond acceptors (Lipinski definition) is 2. The van der Waals surface area contributed by atoms with Crippen LogP contribution in [-0.2, 0) is 4.74 Å². The van der Waals surface area contributed by atoms with E-state index < -0.39 is 0 Å². The molecule has 0 saturated carbocycles. The van der Waals surface area contributed by atoms with Crippen molar-refractivity contribution in [2.24, 2.45) is 11.3 Å². The molecular formula is C14H29NO. The van der Waals surface area contributed by atoms with Crippen LogP contribution in [0.15, 0.2) is 0 Å². The van der Waals surface area contributed by atoms with Crippen molar-refractivity contribution in [1.29, 1.82) is 0 Å². The number of ether oxygens (including phenoxy) is 1. The standard InChI is InChI=1S/C14H29NO/c1-13(2)6-4-5-9-15-12-14(3)7-10-16-11-8-14/h13,15H,4-12H2,1-3H3. The lowest BCUT2D eigenvalue weighted by Gasteiger charge is -2.33. The first-order valence-electron chi connectivity index (χ1n) is 6.91. The van der Waals surface area contributed by atoms with Crippen LogP contribution in [0.5, 0.6) is 0 Å². The van der Waals surface area contributed by atoms with Gasteiger partial charge in [-0.2, -0.15) is 0 Å². The third-order valence-electron chi connectivity index (χ3n) is 3.64. The topological polar surface area (TPSA) is 21.3 Å². The molecule has 1 N–H and O–H groups in total. The number of hydrogen-bond donors (Lipinski definition) is 1. The zero-order valence-corrected chi connectivity index (χ0v) is 11.3. The third-order valence-corrected chi connectivity index (χ3v) is 3.64. The van der Waals surface area contributed by atoms with Gasteiger partial charge in [0.1, 0.15) is 0 Å². The molecule has 0 aromatic carbocycles. The molecule has 1 saturated heterocycles. The van der Waals surface area contributed by atoms with Crippen LogP contribution in [0.1, 0.15) is 52.9 Å². The van der Waals surface area contributed by atoms with Crippen LogP contribution in [0.25, 0.3) is 0 Å². The molecule has 2 nitrogen and oxygen atoms in total. The van der Waals surface area contributed by atoms with E-state index in [2.05, 4.69) is 26.1 Å². The first-order chi connectivity index (χ1) is 7.62. The predicted octanol–water partition coefficient (Wildman–Crippen LogP) is 3.22. The third kappa shape index (κ3) is 5.86. The maximum Gasteiger partial charge on any atom is 0.0471 e. The van der Waals surface area contributed by atoms with E-state index in [1.54, 1.807) is 0 Å². The molecule has 0 bridgehead atoms. The number of unbranched alkanes of at least 4 members (excludes halogenated alkanes) is 1. The summed E-state index contributed by atoms with van der Waals surface area (Å²) < 4.78 is 5.41. The minimum Gasteiger partial charge on any atom is -0.381 e. The first kappa shape index (κ1) is 14.0.